The first-order valence-corrected chi connectivity index (χ1v) is 8.33. The molecule has 0 atom stereocenters. The highest BCUT2D eigenvalue weighted by atomic mass is 32.2. The molecule has 5 heteroatoms. The first kappa shape index (κ1) is 15.2. The topological polar surface area (TPSA) is 59.9 Å². The summed E-state index contributed by atoms with van der Waals surface area (Å²) >= 11 is 0. The predicted molar refractivity (Wildman–Crippen MR) is 82.1 cm³/mol. The van der Waals surface area contributed by atoms with Gasteiger partial charge in [0.1, 0.15) is 0 Å². The molecule has 0 saturated heterocycles. The Morgan fingerprint density at radius 2 is 1.62 bits per heavy atom. The first-order valence-electron chi connectivity index (χ1n) is 6.68. The molecular formula is C16H16N2O2S. The average molecular weight is 300 g/mol. The van der Waals surface area contributed by atoms with Gasteiger partial charge in [0.05, 0.1) is 17.9 Å². The highest BCUT2D eigenvalue weighted by Gasteiger charge is 2.06. The summed E-state index contributed by atoms with van der Waals surface area (Å²) in [5.74, 6) is 2.73. The van der Waals surface area contributed by atoms with Crippen molar-refractivity contribution in [3.05, 3.63) is 60.2 Å². The number of nitrogens with zero attached hydrogens (tertiary/aromatic N) is 2. The molecular weight excluding hydrogens is 284 g/mol. The molecule has 0 amide bonds. The van der Waals surface area contributed by atoms with E-state index in [1.54, 1.807) is 12.4 Å². The molecule has 0 fully saturated rings. The maximum atomic E-state index is 11.8. The van der Waals surface area contributed by atoms with E-state index in [1.807, 2.05) is 36.4 Å². The second kappa shape index (κ2) is 7.55. The van der Waals surface area contributed by atoms with E-state index < -0.39 is 9.84 Å². The third-order valence-electron chi connectivity index (χ3n) is 2.80. The van der Waals surface area contributed by atoms with Crippen LogP contribution in [0.25, 0.3) is 0 Å². The van der Waals surface area contributed by atoms with E-state index in [4.69, 9.17) is 0 Å². The minimum Gasteiger partial charge on any atom is -0.261 e. The zero-order chi connectivity index (χ0) is 15.0. The van der Waals surface area contributed by atoms with E-state index in [2.05, 4.69) is 21.1 Å². The van der Waals surface area contributed by atoms with Crippen LogP contribution in [0.1, 0.15) is 17.8 Å². The summed E-state index contributed by atoms with van der Waals surface area (Å²) in [6, 6.07) is 11.1. The van der Waals surface area contributed by atoms with Crippen molar-refractivity contribution < 1.29 is 8.42 Å². The summed E-state index contributed by atoms with van der Waals surface area (Å²) in [7, 11) is -3.34. The molecule has 0 saturated carbocycles. The number of hydrogen-bond donors (Lipinski definition) is 0. The molecule has 0 unspecified atom stereocenters. The van der Waals surface area contributed by atoms with Crippen molar-refractivity contribution in [2.75, 3.05) is 5.75 Å². The molecule has 0 aliphatic carbocycles. The van der Waals surface area contributed by atoms with Gasteiger partial charge in [0.2, 0.25) is 9.84 Å². The SMILES string of the molecule is O=S(=O)(C#CCc1ccccn1)CCCc1ccccn1. The van der Waals surface area contributed by atoms with Gasteiger partial charge in [-0.05, 0) is 37.1 Å². The van der Waals surface area contributed by atoms with Crippen LogP contribution in [0, 0.1) is 11.2 Å². The summed E-state index contributed by atoms with van der Waals surface area (Å²) in [5, 5.41) is 2.36. The number of aryl methyl sites for hydroxylation is 1. The second-order valence-electron chi connectivity index (χ2n) is 4.52. The van der Waals surface area contributed by atoms with Crippen molar-refractivity contribution in [3.63, 3.8) is 0 Å². The number of rotatable bonds is 5. The molecule has 0 radical (unpaired) electrons. The van der Waals surface area contributed by atoms with E-state index in [0.717, 1.165) is 11.4 Å². The lowest BCUT2D eigenvalue weighted by Gasteiger charge is -1.98. The third-order valence-corrected chi connectivity index (χ3v) is 4.08. The summed E-state index contributed by atoms with van der Waals surface area (Å²) in [4.78, 5) is 8.26. The Morgan fingerprint density at radius 3 is 2.24 bits per heavy atom. The van der Waals surface area contributed by atoms with Crippen LogP contribution in [0.2, 0.25) is 0 Å². The van der Waals surface area contributed by atoms with E-state index in [9.17, 15) is 8.42 Å². The van der Waals surface area contributed by atoms with E-state index in [0.29, 0.717) is 19.3 Å². The van der Waals surface area contributed by atoms with Gasteiger partial charge < -0.3 is 0 Å². The third kappa shape index (κ3) is 5.76. The Hall–Kier alpha value is -2.19. The molecule has 21 heavy (non-hydrogen) atoms. The Morgan fingerprint density at radius 1 is 0.952 bits per heavy atom. The van der Waals surface area contributed by atoms with E-state index in [-0.39, 0.29) is 5.75 Å². The van der Waals surface area contributed by atoms with Gasteiger partial charge in [-0.25, -0.2) is 8.42 Å². The Balaban J connectivity index is 1.82. The molecule has 0 bridgehead atoms. The van der Waals surface area contributed by atoms with Crippen molar-refractivity contribution in [2.45, 2.75) is 19.3 Å². The van der Waals surface area contributed by atoms with Crippen molar-refractivity contribution in [1.29, 1.82) is 0 Å². The maximum Gasteiger partial charge on any atom is 0.216 e. The molecule has 0 aliphatic rings. The highest BCUT2D eigenvalue weighted by molar-refractivity contribution is 7.96. The molecule has 2 rings (SSSR count). The van der Waals surface area contributed by atoms with Crippen LogP contribution in [0.15, 0.2) is 48.8 Å². The van der Waals surface area contributed by atoms with E-state index in [1.165, 1.54) is 0 Å². The van der Waals surface area contributed by atoms with Gasteiger partial charge in [-0.1, -0.05) is 18.1 Å². The molecule has 4 nitrogen and oxygen atoms in total. The zero-order valence-corrected chi connectivity index (χ0v) is 12.4. The molecule has 0 spiro atoms. The Bertz CT molecular complexity index is 717. The molecule has 2 aromatic rings. The summed E-state index contributed by atoms with van der Waals surface area (Å²) in [5.41, 5.74) is 1.67. The zero-order valence-electron chi connectivity index (χ0n) is 11.6. The minimum absolute atomic E-state index is 0.0544. The Kier molecular flexibility index (Phi) is 5.47. The smallest absolute Gasteiger partial charge is 0.216 e. The number of aromatic nitrogens is 2. The van der Waals surface area contributed by atoms with Gasteiger partial charge in [0.25, 0.3) is 0 Å². The lowest BCUT2D eigenvalue weighted by Crippen LogP contribution is -2.04. The van der Waals surface area contributed by atoms with Crippen LogP contribution in [0.5, 0.6) is 0 Å². The number of hydrogen-bond acceptors (Lipinski definition) is 4. The van der Waals surface area contributed by atoms with Gasteiger partial charge >= 0.3 is 0 Å². The fraction of sp³-hybridized carbons (Fsp3) is 0.250. The quantitative estimate of drug-likeness (QED) is 0.626. The minimum atomic E-state index is -3.34. The summed E-state index contributed by atoms with van der Waals surface area (Å²) in [6.07, 6.45) is 4.88. The van der Waals surface area contributed by atoms with Crippen LogP contribution >= 0.6 is 0 Å². The number of sulfone groups is 1. The monoisotopic (exact) mass is 300 g/mol. The fourth-order valence-electron chi connectivity index (χ4n) is 1.78. The molecule has 108 valence electrons. The van der Waals surface area contributed by atoms with Crippen molar-refractivity contribution in [3.8, 4) is 11.2 Å². The van der Waals surface area contributed by atoms with Gasteiger partial charge in [0.15, 0.2) is 0 Å². The van der Waals surface area contributed by atoms with Crippen LogP contribution in [-0.4, -0.2) is 24.1 Å². The van der Waals surface area contributed by atoms with E-state index >= 15 is 0 Å². The average Bonchev–Trinajstić information content (AvgIpc) is 2.49. The van der Waals surface area contributed by atoms with Gasteiger partial charge in [-0.15, -0.1) is 0 Å². The normalized spacial score (nSPS) is 10.7. The molecule has 2 heterocycles. The van der Waals surface area contributed by atoms with Crippen LogP contribution in [0.4, 0.5) is 0 Å². The summed E-state index contributed by atoms with van der Waals surface area (Å²) < 4.78 is 23.6. The molecule has 0 N–H and O–H groups in total. The number of pyridine rings is 2. The lowest BCUT2D eigenvalue weighted by atomic mass is 10.2. The largest absolute Gasteiger partial charge is 0.261 e. The summed E-state index contributed by atoms with van der Waals surface area (Å²) in [6.45, 7) is 0. The maximum absolute atomic E-state index is 11.8. The molecule has 0 aliphatic heterocycles. The van der Waals surface area contributed by atoms with Gasteiger partial charge in [-0.2, -0.15) is 0 Å². The Labute approximate surface area is 125 Å². The van der Waals surface area contributed by atoms with Gasteiger partial charge in [-0.3, -0.25) is 9.97 Å². The second-order valence-corrected chi connectivity index (χ2v) is 6.36. The van der Waals surface area contributed by atoms with Crippen molar-refractivity contribution in [2.24, 2.45) is 0 Å². The van der Waals surface area contributed by atoms with Gasteiger partial charge in [0, 0.05) is 23.3 Å². The van der Waals surface area contributed by atoms with Crippen LogP contribution in [-0.2, 0) is 22.7 Å². The first-order chi connectivity index (χ1) is 10.2. The van der Waals surface area contributed by atoms with Crippen LogP contribution < -0.4 is 0 Å². The van der Waals surface area contributed by atoms with Crippen molar-refractivity contribution >= 4 is 9.84 Å². The highest BCUT2D eigenvalue weighted by Crippen LogP contribution is 2.01. The predicted octanol–water partition coefficient (Wildman–Crippen LogP) is 2.03. The fourth-order valence-corrected chi connectivity index (χ4v) is 2.70. The molecule has 2 aromatic heterocycles. The standard InChI is InChI=1S/C16H16N2O2S/c19-21(20,13-5-9-15-7-1-3-11-17-15)14-6-10-16-8-2-4-12-18-16/h1-4,7-8,11-12H,5,9-10,13H2. The molecule has 0 aromatic carbocycles. The van der Waals surface area contributed by atoms with Crippen molar-refractivity contribution in [1.82, 2.24) is 9.97 Å². The van der Waals surface area contributed by atoms with Crippen LogP contribution in [0.3, 0.4) is 0 Å². The lowest BCUT2D eigenvalue weighted by molar-refractivity contribution is 0.603.